The highest BCUT2D eigenvalue weighted by Crippen LogP contribution is 2.64. The lowest BCUT2D eigenvalue weighted by Crippen LogP contribution is -2.67. The van der Waals surface area contributed by atoms with Crippen LogP contribution in [0.2, 0.25) is 0 Å². The van der Waals surface area contributed by atoms with Gasteiger partial charge in [-0.3, -0.25) is 14.4 Å². The Balaban J connectivity index is 1.65. The van der Waals surface area contributed by atoms with E-state index in [2.05, 4.69) is 12.2 Å². The molecule has 9 atom stereocenters. The number of carbonyl (C=O) groups excluding carboxylic acids is 4. The van der Waals surface area contributed by atoms with Gasteiger partial charge < -0.3 is 9.53 Å². The molecule has 0 N–H and O–H groups in total. The number of ether oxygens (including phenoxy) is 1. The van der Waals surface area contributed by atoms with Crippen molar-refractivity contribution in [3.63, 3.8) is 0 Å². The molecule has 5 heteroatoms. The van der Waals surface area contributed by atoms with E-state index in [4.69, 9.17) is 4.74 Å². The van der Waals surface area contributed by atoms with E-state index in [0.717, 1.165) is 19.3 Å². The zero-order valence-corrected chi connectivity index (χ0v) is 15.9. The van der Waals surface area contributed by atoms with E-state index in [1.165, 1.54) is 6.92 Å². The molecule has 2 bridgehead atoms. The molecule has 144 valence electrons. The van der Waals surface area contributed by atoms with Crippen LogP contribution < -0.4 is 0 Å². The molecule has 3 saturated carbocycles. The van der Waals surface area contributed by atoms with Gasteiger partial charge in [-0.15, -0.1) is 0 Å². The maximum absolute atomic E-state index is 13.2. The summed E-state index contributed by atoms with van der Waals surface area (Å²) in [5.41, 5.74) is -1.16. The molecule has 0 aromatic heterocycles. The maximum atomic E-state index is 13.2. The number of carbonyl (C=O) groups is 4. The van der Waals surface area contributed by atoms with E-state index in [1.807, 2.05) is 6.92 Å². The average Bonchev–Trinajstić information content (AvgIpc) is 2.88. The Morgan fingerprint density at radius 3 is 2.67 bits per heavy atom. The van der Waals surface area contributed by atoms with Crippen molar-refractivity contribution in [3.05, 3.63) is 12.2 Å². The van der Waals surface area contributed by atoms with Crippen molar-refractivity contribution in [1.82, 2.24) is 0 Å². The molecule has 27 heavy (non-hydrogen) atoms. The van der Waals surface area contributed by atoms with Crippen molar-refractivity contribution in [2.24, 2.45) is 46.8 Å². The first-order chi connectivity index (χ1) is 12.8. The molecular formula is C22H26O5. The standard InChI is InChI=1S/C22H26O5/c1-10-5-16-15(20(10)25)4-3-12-7-13-8-14-9-18(24)22(13,21(26)27-14)17(19(12)16)6-11(2)23/h3-4,10,12-17,19H,5-9H2,1-2H3/t10-,12-,13-,14+,15+,16+,17+,19+,22+/m1/s1. The van der Waals surface area contributed by atoms with Crippen LogP contribution in [0.15, 0.2) is 12.2 Å². The minimum Gasteiger partial charge on any atom is -0.461 e. The van der Waals surface area contributed by atoms with Gasteiger partial charge in [0.15, 0.2) is 5.78 Å². The lowest BCUT2D eigenvalue weighted by atomic mass is 9.43. The molecule has 2 aliphatic heterocycles. The van der Waals surface area contributed by atoms with Crippen molar-refractivity contribution in [3.8, 4) is 0 Å². The highest BCUT2D eigenvalue weighted by Gasteiger charge is 2.70. The van der Waals surface area contributed by atoms with Crippen molar-refractivity contribution in [2.45, 2.75) is 52.1 Å². The molecule has 0 amide bonds. The van der Waals surface area contributed by atoms with Gasteiger partial charge in [-0.25, -0.2) is 0 Å². The first kappa shape index (κ1) is 17.3. The number of esters is 1. The topological polar surface area (TPSA) is 77.5 Å². The summed E-state index contributed by atoms with van der Waals surface area (Å²) in [4.78, 5) is 51.1. The summed E-state index contributed by atoms with van der Waals surface area (Å²) in [5, 5.41) is 0. The van der Waals surface area contributed by atoms with E-state index in [-0.39, 0.29) is 77.7 Å². The second-order valence-electron chi connectivity index (χ2n) is 9.56. The first-order valence-electron chi connectivity index (χ1n) is 10.3. The van der Waals surface area contributed by atoms with Crippen LogP contribution >= 0.6 is 0 Å². The van der Waals surface area contributed by atoms with Gasteiger partial charge in [-0.05, 0) is 55.8 Å². The summed E-state index contributed by atoms with van der Waals surface area (Å²) in [7, 11) is 0. The second kappa shape index (κ2) is 5.62. The zero-order valence-electron chi connectivity index (χ0n) is 15.9. The van der Waals surface area contributed by atoms with Gasteiger partial charge in [0.05, 0.1) is 0 Å². The summed E-state index contributed by atoms with van der Waals surface area (Å²) in [5.74, 6) is -0.256. The van der Waals surface area contributed by atoms with E-state index in [1.54, 1.807) is 0 Å². The highest BCUT2D eigenvalue weighted by molar-refractivity contribution is 6.08. The number of rotatable bonds is 2. The number of hydrogen-bond acceptors (Lipinski definition) is 5. The van der Waals surface area contributed by atoms with E-state index in [0.29, 0.717) is 0 Å². The fourth-order valence-electron chi connectivity index (χ4n) is 7.38. The first-order valence-corrected chi connectivity index (χ1v) is 10.3. The Labute approximate surface area is 158 Å². The lowest BCUT2D eigenvalue weighted by Gasteiger charge is -2.60. The SMILES string of the molecule is CC(=O)C[C@H]1[C@@H]2[C@H]3C[C@@H](C)C(=O)[C@H]3C=C[C@@H]2C[C@@H]2C[C@H]3CC(=O)[C@]21C(=O)O3. The minimum absolute atomic E-state index is 0.00125. The summed E-state index contributed by atoms with van der Waals surface area (Å²) >= 11 is 0. The van der Waals surface area contributed by atoms with Crippen LogP contribution in [0, 0.1) is 46.8 Å². The number of Topliss-reactive ketones (excluding diaryl/α,β-unsaturated/α-hetero) is 3. The summed E-state index contributed by atoms with van der Waals surface area (Å²) in [6, 6.07) is 0. The van der Waals surface area contributed by atoms with Crippen LogP contribution in [0.5, 0.6) is 0 Å². The molecule has 5 nitrogen and oxygen atoms in total. The Bertz CT molecular complexity index is 762. The van der Waals surface area contributed by atoms with Crippen LogP contribution in [0.1, 0.15) is 46.0 Å². The van der Waals surface area contributed by atoms with Gasteiger partial charge in [0.2, 0.25) is 0 Å². The van der Waals surface area contributed by atoms with Gasteiger partial charge in [0, 0.05) is 24.7 Å². The highest BCUT2D eigenvalue weighted by atomic mass is 16.5. The molecule has 4 aliphatic carbocycles. The third-order valence-electron chi connectivity index (χ3n) is 8.25. The Kier molecular flexibility index (Phi) is 3.60. The van der Waals surface area contributed by atoms with Crippen LogP contribution in [0.3, 0.4) is 0 Å². The predicted octanol–water partition coefficient (Wildman–Crippen LogP) is 2.52. The van der Waals surface area contributed by atoms with Crippen molar-refractivity contribution < 1.29 is 23.9 Å². The molecule has 0 unspecified atom stereocenters. The molecular weight excluding hydrogens is 344 g/mol. The maximum Gasteiger partial charge on any atom is 0.320 e. The lowest BCUT2D eigenvalue weighted by molar-refractivity contribution is -0.213. The molecule has 6 aliphatic rings. The Morgan fingerprint density at radius 2 is 1.96 bits per heavy atom. The third kappa shape index (κ3) is 2.11. The van der Waals surface area contributed by atoms with Gasteiger partial charge >= 0.3 is 5.97 Å². The number of allylic oxidation sites excluding steroid dienone is 2. The molecule has 2 heterocycles. The van der Waals surface area contributed by atoms with Crippen molar-refractivity contribution in [1.29, 1.82) is 0 Å². The third-order valence-corrected chi connectivity index (χ3v) is 8.25. The quantitative estimate of drug-likeness (QED) is 0.424. The van der Waals surface area contributed by atoms with Gasteiger partial charge in [-0.2, -0.15) is 0 Å². The summed E-state index contributed by atoms with van der Waals surface area (Å²) < 4.78 is 5.61. The van der Waals surface area contributed by atoms with E-state index < -0.39 is 11.4 Å². The Morgan fingerprint density at radius 1 is 1.19 bits per heavy atom. The molecule has 0 aromatic rings. The second-order valence-corrected chi connectivity index (χ2v) is 9.56. The fourth-order valence-corrected chi connectivity index (χ4v) is 7.38. The van der Waals surface area contributed by atoms with Crippen LogP contribution in [-0.2, 0) is 23.9 Å². The normalized spacial score (nSPS) is 50.1. The monoisotopic (exact) mass is 370 g/mol. The largest absolute Gasteiger partial charge is 0.461 e. The summed E-state index contributed by atoms with van der Waals surface area (Å²) in [6.07, 6.45) is 6.75. The van der Waals surface area contributed by atoms with Crippen molar-refractivity contribution in [2.75, 3.05) is 0 Å². The minimum atomic E-state index is -1.16. The molecule has 2 saturated heterocycles. The van der Waals surface area contributed by atoms with E-state index >= 15 is 0 Å². The number of hydrogen-bond donors (Lipinski definition) is 0. The fraction of sp³-hybridized carbons (Fsp3) is 0.727. The van der Waals surface area contributed by atoms with E-state index in [9.17, 15) is 19.2 Å². The van der Waals surface area contributed by atoms with Crippen LogP contribution in [0.4, 0.5) is 0 Å². The van der Waals surface area contributed by atoms with Gasteiger partial charge in [0.1, 0.15) is 23.1 Å². The molecule has 0 radical (unpaired) electrons. The van der Waals surface area contributed by atoms with Crippen molar-refractivity contribution >= 4 is 23.3 Å². The zero-order chi connectivity index (χ0) is 19.1. The Hall–Kier alpha value is -1.78. The number of fused-ring (bicyclic) bond motifs is 5. The number of ketones is 3. The molecule has 6 rings (SSSR count). The smallest absolute Gasteiger partial charge is 0.320 e. The molecule has 1 spiro atoms. The predicted molar refractivity (Wildman–Crippen MR) is 95.3 cm³/mol. The van der Waals surface area contributed by atoms with Gasteiger partial charge in [0.25, 0.3) is 0 Å². The van der Waals surface area contributed by atoms with Gasteiger partial charge in [-0.1, -0.05) is 19.1 Å². The molecule has 0 aromatic carbocycles. The average molecular weight is 370 g/mol. The summed E-state index contributed by atoms with van der Waals surface area (Å²) in [6.45, 7) is 3.51. The molecule has 5 fully saturated rings. The van der Waals surface area contributed by atoms with Crippen LogP contribution in [-0.4, -0.2) is 29.4 Å². The van der Waals surface area contributed by atoms with Crippen LogP contribution in [0.25, 0.3) is 0 Å².